The van der Waals surface area contributed by atoms with Gasteiger partial charge in [-0.15, -0.1) is 0 Å². The number of nitrogens with zero attached hydrogens (tertiary/aromatic N) is 1. The molecule has 0 spiro atoms. The van der Waals surface area contributed by atoms with Crippen LogP contribution in [-0.4, -0.2) is 24.2 Å². The number of unbranched alkanes of at least 4 members (excludes halogenated alkanes) is 1. The highest BCUT2D eigenvalue weighted by atomic mass is 16.5. The Bertz CT molecular complexity index is 591. The van der Waals surface area contributed by atoms with Crippen molar-refractivity contribution in [2.75, 3.05) is 13.2 Å². The molecule has 1 saturated heterocycles. The molecule has 0 bridgehead atoms. The summed E-state index contributed by atoms with van der Waals surface area (Å²) in [6.07, 6.45) is 7.87. The zero-order chi connectivity index (χ0) is 14.5. The molecule has 1 atom stereocenters. The molecule has 3 rings (SSSR count). The van der Waals surface area contributed by atoms with Crippen molar-refractivity contribution >= 4 is 10.8 Å². The van der Waals surface area contributed by atoms with Crippen LogP contribution in [0.3, 0.4) is 0 Å². The smallest absolute Gasteiger partial charge is 0.221 e. The Morgan fingerprint density at radius 1 is 1.33 bits per heavy atom. The number of pyridine rings is 1. The lowest BCUT2D eigenvalue weighted by molar-refractivity contribution is 0.271. The summed E-state index contributed by atoms with van der Waals surface area (Å²) in [5.74, 6) is 0.777. The van der Waals surface area contributed by atoms with Crippen molar-refractivity contribution in [2.45, 2.75) is 45.1 Å². The van der Waals surface area contributed by atoms with E-state index in [1.807, 2.05) is 6.20 Å². The van der Waals surface area contributed by atoms with E-state index in [2.05, 4.69) is 41.5 Å². The van der Waals surface area contributed by atoms with Gasteiger partial charge in [-0.3, -0.25) is 0 Å². The molecule has 0 radical (unpaired) electrons. The van der Waals surface area contributed by atoms with Crippen molar-refractivity contribution < 1.29 is 4.74 Å². The van der Waals surface area contributed by atoms with Gasteiger partial charge in [0.05, 0.1) is 0 Å². The lowest BCUT2D eigenvalue weighted by Gasteiger charge is -2.13. The van der Waals surface area contributed by atoms with E-state index in [0.717, 1.165) is 24.2 Å². The Balaban J connectivity index is 1.79. The monoisotopic (exact) mass is 284 g/mol. The summed E-state index contributed by atoms with van der Waals surface area (Å²) < 4.78 is 5.99. The number of fused-ring (bicyclic) bond motifs is 1. The first-order valence-corrected chi connectivity index (χ1v) is 8.10. The quantitative estimate of drug-likeness (QED) is 0.878. The van der Waals surface area contributed by atoms with E-state index in [9.17, 15) is 0 Å². The van der Waals surface area contributed by atoms with Gasteiger partial charge in [0.25, 0.3) is 0 Å². The number of aryl methyl sites for hydroxylation is 1. The topological polar surface area (TPSA) is 34.1 Å². The van der Waals surface area contributed by atoms with Crippen LogP contribution < -0.4 is 10.1 Å². The highest BCUT2D eigenvalue weighted by molar-refractivity contribution is 5.87. The van der Waals surface area contributed by atoms with E-state index in [-0.39, 0.29) is 0 Å². The highest BCUT2D eigenvalue weighted by Gasteiger charge is 2.15. The fourth-order valence-corrected chi connectivity index (χ4v) is 2.92. The first kappa shape index (κ1) is 14.3. The van der Waals surface area contributed by atoms with Crippen LogP contribution in [-0.2, 0) is 6.42 Å². The van der Waals surface area contributed by atoms with E-state index in [1.165, 1.54) is 36.6 Å². The molecule has 0 saturated carbocycles. The largest absolute Gasteiger partial charge is 0.476 e. The van der Waals surface area contributed by atoms with Crippen molar-refractivity contribution in [2.24, 2.45) is 0 Å². The molecule has 0 aliphatic carbocycles. The van der Waals surface area contributed by atoms with E-state index < -0.39 is 0 Å². The van der Waals surface area contributed by atoms with Gasteiger partial charge in [0, 0.05) is 17.6 Å². The van der Waals surface area contributed by atoms with Gasteiger partial charge in [-0.05, 0) is 55.3 Å². The standard InChI is InChI=1S/C18H24N2O/c1-2-3-5-14-7-8-15-9-11-20-18(17(15)12-14)21-13-16-6-4-10-19-16/h7-9,11-12,16,19H,2-6,10,13H2,1H3. The van der Waals surface area contributed by atoms with Crippen LogP contribution in [0.15, 0.2) is 30.5 Å². The average Bonchev–Trinajstić information content (AvgIpc) is 3.04. The maximum Gasteiger partial charge on any atom is 0.221 e. The molecule has 1 aromatic heterocycles. The molecule has 21 heavy (non-hydrogen) atoms. The fourth-order valence-electron chi connectivity index (χ4n) is 2.92. The summed E-state index contributed by atoms with van der Waals surface area (Å²) >= 11 is 0. The normalized spacial score (nSPS) is 18.2. The summed E-state index contributed by atoms with van der Waals surface area (Å²) in [6.45, 7) is 4.05. The molecule has 1 aromatic carbocycles. The first-order valence-electron chi connectivity index (χ1n) is 8.10. The van der Waals surface area contributed by atoms with E-state index in [0.29, 0.717) is 12.6 Å². The minimum atomic E-state index is 0.477. The molecule has 3 nitrogen and oxygen atoms in total. The van der Waals surface area contributed by atoms with Gasteiger partial charge >= 0.3 is 0 Å². The molecule has 1 fully saturated rings. The predicted molar refractivity (Wildman–Crippen MR) is 86.9 cm³/mol. The molecular weight excluding hydrogens is 260 g/mol. The van der Waals surface area contributed by atoms with Gasteiger partial charge in [-0.1, -0.05) is 25.5 Å². The Kier molecular flexibility index (Phi) is 4.71. The van der Waals surface area contributed by atoms with Crippen molar-refractivity contribution in [3.8, 4) is 5.88 Å². The molecule has 0 amide bonds. The number of benzene rings is 1. The lowest BCUT2D eigenvalue weighted by atomic mass is 10.0. The van der Waals surface area contributed by atoms with Gasteiger partial charge < -0.3 is 10.1 Å². The van der Waals surface area contributed by atoms with Crippen molar-refractivity contribution in [3.05, 3.63) is 36.0 Å². The summed E-state index contributed by atoms with van der Waals surface area (Å²) in [4.78, 5) is 4.44. The molecule has 1 aliphatic rings. The second kappa shape index (κ2) is 6.90. The molecular formula is C18H24N2O. The number of ether oxygens (including phenoxy) is 1. The number of hydrogen-bond acceptors (Lipinski definition) is 3. The maximum absolute atomic E-state index is 5.99. The average molecular weight is 284 g/mol. The summed E-state index contributed by atoms with van der Waals surface area (Å²) in [5.41, 5.74) is 1.38. The summed E-state index contributed by atoms with van der Waals surface area (Å²) in [6, 6.07) is 9.18. The minimum Gasteiger partial charge on any atom is -0.476 e. The van der Waals surface area contributed by atoms with Crippen LogP contribution in [0.4, 0.5) is 0 Å². The Morgan fingerprint density at radius 3 is 3.10 bits per heavy atom. The van der Waals surface area contributed by atoms with Gasteiger partial charge in [0.2, 0.25) is 5.88 Å². The predicted octanol–water partition coefficient (Wildman–Crippen LogP) is 3.71. The fraction of sp³-hybridized carbons (Fsp3) is 0.500. The van der Waals surface area contributed by atoms with Crippen LogP contribution >= 0.6 is 0 Å². The van der Waals surface area contributed by atoms with Crippen molar-refractivity contribution in [1.29, 1.82) is 0 Å². The second-order valence-electron chi connectivity index (χ2n) is 5.88. The molecule has 3 heteroatoms. The number of aromatic nitrogens is 1. The van der Waals surface area contributed by atoms with Gasteiger partial charge in [0.1, 0.15) is 6.61 Å². The van der Waals surface area contributed by atoms with Gasteiger partial charge in [-0.25, -0.2) is 4.98 Å². The van der Waals surface area contributed by atoms with Crippen molar-refractivity contribution in [3.63, 3.8) is 0 Å². The van der Waals surface area contributed by atoms with Crippen LogP contribution in [0.25, 0.3) is 10.8 Å². The molecule has 112 valence electrons. The zero-order valence-electron chi connectivity index (χ0n) is 12.8. The molecule has 2 heterocycles. The number of rotatable bonds is 6. The minimum absolute atomic E-state index is 0.477. The second-order valence-corrected chi connectivity index (χ2v) is 5.88. The number of nitrogens with one attached hydrogen (secondary N) is 1. The maximum atomic E-state index is 5.99. The molecule has 1 N–H and O–H groups in total. The van der Waals surface area contributed by atoms with Crippen LogP contribution in [0.5, 0.6) is 5.88 Å². The lowest BCUT2D eigenvalue weighted by Crippen LogP contribution is -2.28. The van der Waals surface area contributed by atoms with E-state index in [4.69, 9.17) is 4.74 Å². The Labute approximate surface area is 126 Å². The zero-order valence-corrected chi connectivity index (χ0v) is 12.8. The van der Waals surface area contributed by atoms with Crippen LogP contribution in [0.2, 0.25) is 0 Å². The van der Waals surface area contributed by atoms with Gasteiger partial charge in [-0.2, -0.15) is 0 Å². The third-order valence-corrected chi connectivity index (χ3v) is 4.20. The Hall–Kier alpha value is -1.61. The first-order chi connectivity index (χ1) is 10.4. The van der Waals surface area contributed by atoms with E-state index in [1.54, 1.807) is 0 Å². The van der Waals surface area contributed by atoms with Crippen LogP contribution in [0.1, 0.15) is 38.2 Å². The molecule has 1 unspecified atom stereocenters. The van der Waals surface area contributed by atoms with E-state index >= 15 is 0 Å². The SMILES string of the molecule is CCCCc1ccc2ccnc(OCC3CCCN3)c2c1. The molecule has 2 aromatic rings. The third kappa shape index (κ3) is 3.53. The molecule has 1 aliphatic heterocycles. The summed E-state index contributed by atoms with van der Waals surface area (Å²) in [7, 11) is 0. The van der Waals surface area contributed by atoms with Crippen LogP contribution in [0, 0.1) is 0 Å². The van der Waals surface area contributed by atoms with Gasteiger partial charge in [0.15, 0.2) is 0 Å². The highest BCUT2D eigenvalue weighted by Crippen LogP contribution is 2.25. The number of hydrogen-bond donors (Lipinski definition) is 1. The van der Waals surface area contributed by atoms with Crippen molar-refractivity contribution in [1.82, 2.24) is 10.3 Å². The Morgan fingerprint density at radius 2 is 2.29 bits per heavy atom. The summed E-state index contributed by atoms with van der Waals surface area (Å²) in [5, 5.41) is 5.81. The third-order valence-electron chi connectivity index (χ3n) is 4.20.